The van der Waals surface area contributed by atoms with Crippen molar-refractivity contribution in [2.24, 2.45) is 0 Å². The fraction of sp³-hybridized carbons (Fsp3) is 0.286. The van der Waals surface area contributed by atoms with Crippen molar-refractivity contribution in [3.8, 4) is 0 Å². The Kier molecular flexibility index (Phi) is 4.30. The predicted octanol–water partition coefficient (Wildman–Crippen LogP) is 1.56. The number of para-hydroxylation sites is 2. The molecule has 0 spiro atoms. The molecular weight excluding hydrogens is 242 g/mol. The molecule has 0 saturated heterocycles. The van der Waals surface area contributed by atoms with E-state index in [9.17, 15) is 4.79 Å². The standard InChI is InChI=1S/C14H17N3O2/c1-17(2)9-5-8-13(18)15-10-14-16-11-6-3-4-7-12(11)19-14/h3-8H,9-10H2,1-2H3,(H,15,18)/b8-5+. The van der Waals surface area contributed by atoms with Crippen molar-refractivity contribution in [2.75, 3.05) is 20.6 Å². The summed E-state index contributed by atoms with van der Waals surface area (Å²) < 4.78 is 5.50. The Hall–Kier alpha value is -2.14. The van der Waals surface area contributed by atoms with E-state index < -0.39 is 0 Å². The molecule has 5 nitrogen and oxygen atoms in total. The molecule has 0 aliphatic rings. The van der Waals surface area contributed by atoms with Crippen LogP contribution in [0.2, 0.25) is 0 Å². The predicted molar refractivity (Wildman–Crippen MR) is 73.5 cm³/mol. The van der Waals surface area contributed by atoms with Gasteiger partial charge >= 0.3 is 0 Å². The maximum Gasteiger partial charge on any atom is 0.244 e. The lowest BCUT2D eigenvalue weighted by molar-refractivity contribution is -0.116. The molecule has 19 heavy (non-hydrogen) atoms. The van der Waals surface area contributed by atoms with Gasteiger partial charge in [-0.2, -0.15) is 0 Å². The maximum atomic E-state index is 11.5. The molecule has 1 aromatic heterocycles. The van der Waals surface area contributed by atoms with Gasteiger partial charge in [-0.3, -0.25) is 4.79 Å². The highest BCUT2D eigenvalue weighted by Crippen LogP contribution is 2.14. The Labute approximate surface area is 111 Å². The van der Waals surface area contributed by atoms with E-state index in [1.165, 1.54) is 6.08 Å². The number of hydrogen-bond acceptors (Lipinski definition) is 4. The van der Waals surface area contributed by atoms with Gasteiger partial charge in [-0.25, -0.2) is 4.98 Å². The number of carbonyl (C=O) groups is 1. The summed E-state index contributed by atoms with van der Waals surface area (Å²) in [5.41, 5.74) is 1.53. The first-order chi connectivity index (χ1) is 9.15. The van der Waals surface area contributed by atoms with Crippen LogP contribution in [-0.4, -0.2) is 36.4 Å². The number of amides is 1. The van der Waals surface area contributed by atoms with Crippen molar-refractivity contribution in [3.63, 3.8) is 0 Å². The van der Waals surface area contributed by atoms with Gasteiger partial charge in [0.25, 0.3) is 0 Å². The third-order valence-electron chi connectivity index (χ3n) is 2.49. The lowest BCUT2D eigenvalue weighted by Gasteiger charge is -2.03. The molecule has 0 saturated carbocycles. The van der Waals surface area contributed by atoms with Crippen molar-refractivity contribution in [2.45, 2.75) is 6.54 Å². The van der Waals surface area contributed by atoms with Crippen molar-refractivity contribution in [1.29, 1.82) is 0 Å². The molecule has 0 aliphatic carbocycles. The van der Waals surface area contributed by atoms with Crippen LogP contribution >= 0.6 is 0 Å². The largest absolute Gasteiger partial charge is 0.439 e. The van der Waals surface area contributed by atoms with Crippen LogP contribution in [0, 0.1) is 0 Å². The minimum absolute atomic E-state index is 0.149. The fourth-order valence-electron chi connectivity index (χ4n) is 1.59. The zero-order valence-corrected chi connectivity index (χ0v) is 11.1. The van der Waals surface area contributed by atoms with Crippen LogP contribution in [0.1, 0.15) is 5.89 Å². The normalized spacial score (nSPS) is 11.5. The number of oxazole rings is 1. The van der Waals surface area contributed by atoms with Gasteiger partial charge in [0, 0.05) is 12.6 Å². The molecule has 2 aromatic rings. The molecule has 0 unspecified atom stereocenters. The number of hydrogen-bond donors (Lipinski definition) is 1. The van der Waals surface area contributed by atoms with E-state index in [-0.39, 0.29) is 5.91 Å². The second-order valence-corrected chi connectivity index (χ2v) is 4.46. The van der Waals surface area contributed by atoms with Crippen molar-refractivity contribution in [3.05, 3.63) is 42.3 Å². The fourth-order valence-corrected chi connectivity index (χ4v) is 1.59. The van der Waals surface area contributed by atoms with E-state index in [1.807, 2.05) is 43.3 Å². The maximum absolute atomic E-state index is 11.5. The molecule has 100 valence electrons. The second kappa shape index (κ2) is 6.15. The zero-order valence-electron chi connectivity index (χ0n) is 11.1. The summed E-state index contributed by atoms with van der Waals surface area (Å²) >= 11 is 0. The Morgan fingerprint density at radius 2 is 2.21 bits per heavy atom. The van der Waals surface area contributed by atoms with E-state index in [4.69, 9.17) is 4.42 Å². The molecule has 2 rings (SSSR count). The van der Waals surface area contributed by atoms with Crippen LogP contribution in [0.4, 0.5) is 0 Å². The molecular formula is C14H17N3O2. The highest BCUT2D eigenvalue weighted by molar-refractivity contribution is 5.87. The van der Waals surface area contributed by atoms with Crippen LogP contribution < -0.4 is 5.32 Å². The highest BCUT2D eigenvalue weighted by Gasteiger charge is 2.05. The summed E-state index contributed by atoms with van der Waals surface area (Å²) in [5, 5.41) is 2.73. The van der Waals surface area contributed by atoms with Gasteiger partial charge in [-0.05, 0) is 26.2 Å². The minimum atomic E-state index is -0.149. The molecule has 0 radical (unpaired) electrons. The first-order valence-corrected chi connectivity index (χ1v) is 6.08. The number of rotatable bonds is 5. The van der Waals surface area contributed by atoms with Crippen LogP contribution in [0.5, 0.6) is 0 Å². The quantitative estimate of drug-likeness (QED) is 0.828. The van der Waals surface area contributed by atoms with Crippen LogP contribution in [-0.2, 0) is 11.3 Å². The highest BCUT2D eigenvalue weighted by atomic mass is 16.3. The number of aromatic nitrogens is 1. The zero-order chi connectivity index (χ0) is 13.7. The molecule has 0 aliphatic heterocycles. The summed E-state index contributed by atoms with van der Waals surface area (Å²) in [4.78, 5) is 17.8. The number of carbonyl (C=O) groups excluding carboxylic acids is 1. The van der Waals surface area contributed by atoms with E-state index in [0.717, 1.165) is 17.6 Å². The summed E-state index contributed by atoms with van der Waals surface area (Å²) in [5.74, 6) is 0.361. The summed E-state index contributed by atoms with van der Waals surface area (Å²) in [6, 6.07) is 7.52. The third kappa shape index (κ3) is 3.93. The smallest absolute Gasteiger partial charge is 0.244 e. The number of nitrogens with one attached hydrogen (secondary N) is 1. The molecule has 1 N–H and O–H groups in total. The third-order valence-corrected chi connectivity index (χ3v) is 2.49. The lowest BCUT2D eigenvalue weighted by atomic mass is 10.3. The molecule has 1 amide bonds. The van der Waals surface area contributed by atoms with E-state index in [2.05, 4.69) is 10.3 Å². The molecule has 0 atom stereocenters. The molecule has 0 fully saturated rings. The second-order valence-electron chi connectivity index (χ2n) is 4.46. The Morgan fingerprint density at radius 1 is 1.42 bits per heavy atom. The number of fused-ring (bicyclic) bond motifs is 1. The van der Waals surface area contributed by atoms with E-state index in [0.29, 0.717) is 12.4 Å². The SMILES string of the molecule is CN(C)C/C=C/C(=O)NCc1nc2ccccc2o1. The van der Waals surface area contributed by atoms with Crippen molar-refractivity contribution < 1.29 is 9.21 Å². The minimum Gasteiger partial charge on any atom is -0.439 e. The van der Waals surface area contributed by atoms with Crippen LogP contribution in [0.15, 0.2) is 40.8 Å². The topological polar surface area (TPSA) is 58.4 Å². The molecule has 1 heterocycles. The molecule has 0 bridgehead atoms. The Balaban J connectivity index is 1.88. The summed E-state index contributed by atoms with van der Waals surface area (Å²) in [6.45, 7) is 1.02. The molecule has 5 heteroatoms. The van der Waals surface area contributed by atoms with Crippen LogP contribution in [0.25, 0.3) is 11.1 Å². The number of benzene rings is 1. The average Bonchev–Trinajstić information content (AvgIpc) is 2.78. The average molecular weight is 259 g/mol. The van der Waals surface area contributed by atoms with Gasteiger partial charge < -0.3 is 14.6 Å². The van der Waals surface area contributed by atoms with E-state index >= 15 is 0 Å². The van der Waals surface area contributed by atoms with Gasteiger partial charge in [-0.1, -0.05) is 18.2 Å². The summed E-state index contributed by atoms with van der Waals surface area (Å²) in [6.07, 6.45) is 3.32. The first kappa shape index (κ1) is 13.3. The van der Waals surface area contributed by atoms with Gasteiger partial charge in [0.15, 0.2) is 5.58 Å². The Morgan fingerprint density at radius 3 is 2.95 bits per heavy atom. The summed E-state index contributed by atoms with van der Waals surface area (Å²) in [7, 11) is 3.89. The van der Waals surface area contributed by atoms with Gasteiger partial charge in [-0.15, -0.1) is 0 Å². The monoisotopic (exact) mass is 259 g/mol. The number of nitrogens with zero attached hydrogens (tertiary/aromatic N) is 2. The van der Waals surface area contributed by atoms with Crippen molar-refractivity contribution >= 4 is 17.0 Å². The molecule has 1 aromatic carbocycles. The lowest BCUT2D eigenvalue weighted by Crippen LogP contribution is -2.21. The Bertz CT molecular complexity index is 554. The first-order valence-electron chi connectivity index (χ1n) is 6.08. The number of likely N-dealkylation sites (N-methyl/N-ethyl adjacent to an activating group) is 1. The van der Waals surface area contributed by atoms with Gasteiger partial charge in [0.05, 0.1) is 6.54 Å². The van der Waals surface area contributed by atoms with Crippen molar-refractivity contribution in [1.82, 2.24) is 15.2 Å². The van der Waals surface area contributed by atoms with E-state index in [1.54, 1.807) is 6.08 Å². The van der Waals surface area contributed by atoms with Gasteiger partial charge in [0.2, 0.25) is 11.8 Å². The van der Waals surface area contributed by atoms with Crippen LogP contribution in [0.3, 0.4) is 0 Å². The van der Waals surface area contributed by atoms with Gasteiger partial charge in [0.1, 0.15) is 5.52 Å².